The molecule has 4 rings (SSSR count). The zero-order valence-corrected chi connectivity index (χ0v) is 20.2. The number of methoxy groups -OCH3 is 1. The Morgan fingerprint density at radius 2 is 1.60 bits per heavy atom. The highest BCUT2D eigenvalue weighted by molar-refractivity contribution is 5.99. The predicted molar refractivity (Wildman–Crippen MR) is 130 cm³/mol. The van der Waals surface area contributed by atoms with Gasteiger partial charge in [-0.3, -0.25) is 10.1 Å². The Kier molecular flexibility index (Phi) is 8.38. The van der Waals surface area contributed by atoms with Gasteiger partial charge < -0.3 is 20.1 Å². The third kappa shape index (κ3) is 5.75. The van der Waals surface area contributed by atoms with E-state index < -0.39 is 22.8 Å². The molecule has 2 N–H and O–H groups in total. The van der Waals surface area contributed by atoms with E-state index in [1.807, 2.05) is 0 Å². The number of esters is 2. The molecule has 0 aliphatic carbocycles. The van der Waals surface area contributed by atoms with Crippen molar-refractivity contribution in [1.29, 1.82) is 0 Å². The molecule has 2 aliphatic rings. The zero-order valence-electron chi connectivity index (χ0n) is 20.2. The standard InChI is InChI=1S/C18H20N2O6.C8H9N/c1-5-26-18(22)15-11(3)19-10(2)14(17(21)25-4)16(15)12-7-6-8-13(9-12)20(23)24;1-2-4-8-6-9-5-7(8)3-1/h6-9,16,19H,5H2,1-4H3;1-4,9H,5-6H2. The molecule has 1 unspecified atom stereocenters. The SMILES string of the molecule is CCOC(=O)C1=C(C)NC(C)=C(C(=O)OC)C1c1cccc([N+](=O)[O-])c1.c1ccc2c(c1)CNC2. The summed E-state index contributed by atoms with van der Waals surface area (Å²) in [7, 11) is 1.24. The number of carbonyl (C=O) groups is 2. The maximum atomic E-state index is 12.5. The molecule has 0 amide bonds. The summed E-state index contributed by atoms with van der Waals surface area (Å²) >= 11 is 0. The van der Waals surface area contributed by atoms with Crippen molar-refractivity contribution in [3.8, 4) is 0 Å². The van der Waals surface area contributed by atoms with Crippen LogP contribution in [0.2, 0.25) is 0 Å². The lowest BCUT2D eigenvalue weighted by Gasteiger charge is -2.30. The molecule has 9 heteroatoms. The number of hydrogen-bond donors (Lipinski definition) is 2. The lowest BCUT2D eigenvalue weighted by atomic mass is 9.80. The van der Waals surface area contributed by atoms with E-state index in [1.54, 1.807) is 26.8 Å². The predicted octanol–water partition coefficient (Wildman–Crippen LogP) is 3.86. The molecule has 0 fully saturated rings. The third-order valence-electron chi connectivity index (χ3n) is 5.82. The number of dihydropyridines is 1. The Morgan fingerprint density at radius 3 is 2.14 bits per heavy atom. The number of hydrogen-bond acceptors (Lipinski definition) is 8. The molecule has 9 nitrogen and oxygen atoms in total. The van der Waals surface area contributed by atoms with Gasteiger partial charge in [0.1, 0.15) is 0 Å². The Balaban J connectivity index is 0.000000313. The minimum absolute atomic E-state index is 0.135. The van der Waals surface area contributed by atoms with E-state index in [0.717, 1.165) is 13.1 Å². The summed E-state index contributed by atoms with van der Waals surface area (Å²) in [5.74, 6) is -2.05. The van der Waals surface area contributed by atoms with Crippen LogP contribution in [0, 0.1) is 10.1 Å². The molecular formula is C26H29N3O6. The van der Waals surface area contributed by atoms with Gasteiger partial charge in [0.05, 0.1) is 35.7 Å². The quantitative estimate of drug-likeness (QED) is 0.377. The van der Waals surface area contributed by atoms with Gasteiger partial charge in [-0.15, -0.1) is 0 Å². The van der Waals surface area contributed by atoms with Gasteiger partial charge in [0.15, 0.2) is 0 Å². The second-order valence-corrected chi connectivity index (χ2v) is 8.07. The monoisotopic (exact) mass is 479 g/mol. The summed E-state index contributed by atoms with van der Waals surface area (Å²) in [6.45, 7) is 7.31. The normalized spacial score (nSPS) is 16.5. The average Bonchev–Trinajstić information content (AvgIpc) is 3.32. The molecule has 1 atom stereocenters. The molecule has 2 aromatic carbocycles. The molecule has 2 heterocycles. The minimum Gasteiger partial charge on any atom is -0.466 e. The van der Waals surface area contributed by atoms with Crippen molar-refractivity contribution < 1.29 is 24.0 Å². The van der Waals surface area contributed by atoms with Crippen molar-refractivity contribution in [2.75, 3.05) is 13.7 Å². The van der Waals surface area contributed by atoms with Crippen molar-refractivity contribution in [1.82, 2.24) is 10.6 Å². The van der Waals surface area contributed by atoms with Gasteiger partial charge in [-0.25, -0.2) is 9.59 Å². The Labute approximate surface area is 204 Å². The van der Waals surface area contributed by atoms with Gasteiger partial charge >= 0.3 is 11.9 Å². The molecule has 0 saturated carbocycles. The van der Waals surface area contributed by atoms with Crippen LogP contribution in [-0.4, -0.2) is 30.6 Å². The van der Waals surface area contributed by atoms with Gasteiger partial charge in [-0.05, 0) is 37.5 Å². The highest BCUT2D eigenvalue weighted by Crippen LogP contribution is 2.40. The van der Waals surface area contributed by atoms with Crippen LogP contribution in [0.5, 0.6) is 0 Å². The summed E-state index contributed by atoms with van der Waals surface area (Å²) in [5, 5.41) is 17.4. The zero-order chi connectivity index (χ0) is 25.5. The molecule has 184 valence electrons. The minimum atomic E-state index is -0.831. The van der Waals surface area contributed by atoms with Crippen molar-refractivity contribution >= 4 is 17.6 Å². The van der Waals surface area contributed by atoms with Crippen LogP contribution in [0.3, 0.4) is 0 Å². The summed E-state index contributed by atoms with van der Waals surface area (Å²) in [6.07, 6.45) is 0. The van der Waals surface area contributed by atoms with Gasteiger partial charge in [0, 0.05) is 36.6 Å². The maximum Gasteiger partial charge on any atom is 0.336 e. The molecule has 0 saturated heterocycles. The molecule has 0 bridgehead atoms. The lowest BCUT2D eigenvalue weighted by Crippen LogP contribution is -2.32. The van der Waals surface area contributed by atoms with Crippen LogP contribution >= 0.6 is 0 Å². The van der Waals surface area contributed by atoms with Gasteiger partial charge in [0.2, 0.25) is 0 Å². The first-order valence-corrected chi connectivity index (χ1v) is 11.2. The number of fused-ring (bicyclic) bond motifs is 1. The number of nitrogens with one attached hydrogen (secondary N) is 2. The van der Waals surface area contributed by atoms with Crippen molar-refractivity contribution in [3.63, 3.8) is 0 Å². The second kappa shape index (κ2) is 11.4. The fourth-order valence-electron chi connectivity index (χ4n) is 4.24. The van der Waals surface area contributed by atoms with Crippen LogP contribution in [0.25, 0.3) is 0 Å². The van der Waals surface area contributed by atoms with E-state index >= 15 is 0 Å². The number of allylic oxidation sites excluding steroid dienone is 2. The van der Waals surface area contributed by atoms with Crippen LogP contribution < -0.4 is 10.6 Å². The highest BCUT2D eigenvalue weighted by atomic mass is 16.6. The van der Waals surface area contributed by atoms with Gasteiger partial charge in [-0.2, -0.15) is 0 Å². The fourth-order valence-corrected chi connectivity index (χ4v) is 4.24. The number of non-ortho nitro benzene ring substituents is 1. The number of benzene rings is 2. The van der Waals surface area contributed by atoms with E-state index in [4.69, 9.17) is 9.47 Å². The van der Waals surface area contributed by atoms with E-state index in [1.165, 1.54) is 36.4 Å². The van der Waals surface area contributed by atoms with Crippen molar-refractivity contribution in [3.05, 3.63) is 97.9 Å². The number of nitro groups is 1. The third-order valence-corrected chi connectivity index (χ3v) is 5.82. The average molecular weight is 480 g/mol. The largest absolute Gasteiger partial charge is 0.466 e. The van der Waals surface area contributed by atoms with Crippen molar-refractivity contribution in [2.45, 2.75) is 39.8 Å². The second-order valence-electron chi connectivity index (χ2n) is 8.07. The molecule has 0 spiro atoms. The summed E-state index contributed by atoms with van der Waals surface area (Å²) < 4.78 is 10.0. The lowest BCUT2D eigenvalue weighted by molar-refractivity contribution is -0.384. The number of nitro benzene ring substituents is 1. The van der Waals surface area contributed by atoms with Gasteiger partial charge in [0.25, 0.3) is 5.69 Å². The van der Waals surface area contributed by atoms with Crippen LogP contribution in [0.15, 0.2) is 71.1 Å². The van der Waals surface area contributed by atoms with Crippen LogP contribution in [-0.2, 0) is 32.2 Å². The molecule has 2 aliphatic heterocycles. The van der Waals surface area contributed by atoms with E-state index in [2.05, 4.69) is 34.9 Å². The first kappa shape index (κ1) is 25.6. The molecular weight excluding hydrogens is 450 g/mol. The number of nitrogens with zero attached hydrogens (tertiary/aromatic N) is 1. The number of ether oxygens (including phenoxy) is 2. The number of rotatable bonds is 5. The summed E-state index contributed by atoms with van der Waals surface area (Å²) in [4.78, 5) is 35.5. The molecule has 2 aromatic rings. The van der Waals surface area contributed by atoms with Crippen LogP contribution in [0.4, 0.5) is 5.69 Å². The van der Waals surface area contributed by atoms with Gasteiger partial charge in [-0.1, -0.05) is 36.4 Å². The first-order chi connectivity index (χ1) is 16.8. The summed E-state index contributed by atoms with van der Waals surface area (Å²) in [5.41, 5.74) is 4.67. The Hall–Kier alpha value is -3.98. The fraction of sp³-hybridized carbons (Fsp3) is 0.308. The highest BCUT2D eigenvalue weighted by Gasteiger charge is 2.38. The van der Waals surface area contributed by atoms with Crippen LogP contribution in [0.1, 0.15) is 43.4 Å². The molecule has 0 aromatic heterocycles. The smallest absolute Gasteiger partial charge is 0.336 e. The van der Waals surface area contributed by atoms with E-state index in [0.29, 0.717) is 17.0 Å². The molecule has 0 radical (unpaired) electrons. The van der Waals surface area contributed by atoms with Crippen molar-refractivity contribution in [2.24, 2.45) is 0 Å². The topological polar surface area (TPSA) is 120 Å². The molecule has 35 heavy (non-hydrogen) atoms. The maximum absolute atomic E-state index is 12.5. The van der Waals surface area contributed by atoms with E-state index in [9.17, 15) is 19.7 Å². The van der Waals surface area contributed by atoms with E-state index in [-0.39, 0.29) is 23.4 Å². The number of carbonyl (C=O) groups excluding carboxylic acids is 2. The Bertz CT molecular complexity index is 1180. The summed E-state index contributed by atoms with van der Waals surface area (Å²) in [6, 6.07) is 14.4. The first-order valence-electron chi connectivity index (χ1n) is 11.2. The Morgan fingerprint density at radius 1 is 1.00 bits per heavy atom.